The molecular weight excluding hydrogens is 664 g/mol. The lowest BCUT2D eigenvalue weighted by atomic mass is 9.72. The van der Waals surface area contributed by atoms with Gasteiger partial charge in [-0.15, -0.1) is 12.4 Å². The fourth-order valence-electron chi connectivity index (χ4n) is 6.86. The van der Waals surface area contributed by atoms with Gasteiger partial charge in [-0.1, -0.05) is 24.3 Å². The molecule has 15 heteroatoms. The van der Waals surface area contributed by atoms with Crippen molar-refractivity contribution >= 4 is 35.4 Å². The number of phenols is 2. The lowest BCUT2D eigenvalue weighted by molar-refractivity contribution is -0.384. The average molecular weight is 699 g/mol. The van der Waals surface area contributed by atoms with Crippen molar-refractivity contribution in [2.24, 2.45) is 0 Å². The second kappa shape index (κ2) is 13.5. The first kappa shape index (κ1) is 35.9. The van der Waals surface area contributed by atoms with Crippen LogP contribution in [0.2, 0.25) is 0 Å². The van der Waals surface area contributed by atoms with Gasteiger partial charge in [0.25, 0.3) is 5.69 Å². The molecule has 3 aliphatic rings. The van der Waals surface area contributed by atoms with Crippen LogP contribution in [0.1, 0.15) is 81.3 Å². The highest BCUT2D eigenvalue weighted by Gasteiger charge is 2.49. The number of ether oxygens (including phenoxy) is 3. The number of non-ortho nitro benzene ring substituents is 1. The van der Waals surface area contributed by atoms with E-state index in [-0.39, 0.29) is 65.5 Å². The zero-order chi connectivity index (χ0) is 34.7. The number of nitrogens with one attached hydrogen (secondary N) is 1. The average Bonchev–Trinajstić information content (AvgIpc) is 3.05. The molecular formula is C34H35ClN2O12. The van der Waals surface area contributed by atoms with E-state index in [1.165, 1.54) is 37.4 Å². The molecule has 0 aromatic heterocycles. The lowest BCUT2D eigenvalue weighted by Crippen LogP contribution is -2.54. The van der Waals surface area contributed by atoms with E-state index in [0.717, 1.165) is 6.92 Å². The van der Waals surface area contributed by atoms with Crippen molar-refractivity contribution in [1.82, 2.24) is 5.32 Å². The summed E-state index contributed by atoms with van der Waals surface area (Å²) >= 11 is 0. The van der Waals surface area contributed by atoms with Crippen LogP contribution in [0.5, 0.6) is 17.2 Å². The number of nitro groups is 1. The molecule has 0 unspecified atom stereocenters. The molecule has 3 aromatic carbocycles. The molecule has 2 aliphatic carbocycles. The molecule has 0 amide bonds. The Hall–Kier alpha value is -4.44. The van der Waals surface area contributed by atoms with Crippen LogP contribution in [0.3, 0.4) is 0 Å². The number of rotatable bonds is 8. The van der Waals surface area contributed by atoms with Gasteiger partial charge in [0, 0.05) is 60.7 Å². The molecule has 5 N–H and O–H groups in total. The van der Waals surface area contributed by atoms with Crippen LogP contribution < -0.4 is 10.1 Å². The highest BCUT2D eigenvalue weighted by atomic mass is 35.5. The molecule has 14 nitrogen and oxygen atoms in total. The quantitative estimate of drug-likeness (QED) is 0.102. The summed E-state index contributed by atoms with van der Waals surface area (Å²) in [6, 6.07) is 9.78. The van der Waals surface area contributed by atoms with Gasteiger partial charge in [0.2, 0.25) is 5.78 Å². The van der Waals surface area contributed by atoms with Crippen molar-refractivity contribution in [3.63, 3.8) is 0 Å². The predicted octanol–water partition coefficient (Wildman–Crippen LogP) is 3.19. The standard InChI is InChI=1S/C34H34N2O12.ClH/c1-15-29(38)21(35-14-17-6-4-7-18(10-17)36(44)45)11-24(47-15)48-23-13-34(43,16(2)37)12-20-26(23)33(42)28-27(31(20)40)30(39)19-8-5-9-22(46-3)25(19)32(28)41;/h4-10,15,21,23-24,29,35,38,40,42-43H,11-14H2,1-3H3;1H/t15-,21-,23-,24-,29+,34-;/m0./s1. The number of phenolic OH excluding ortho intramolecular Hbond substituents is 2. The van der Waals surface area contributed by atoms with Gasteiger partial charge in [0.1, 0.15) is 22.8 Å². The maximum absolute atomic E-state index is 13.8. The van der Waals surface area contributed by atoms with Crippen molar-refractivity contribution in [2.75, 3.05) is 7.11 Å². The number of fused-ring (bicyclic) bond motifs is 3. The number of aliphatic hydroxyl groups is 2. The van der Waals surface area contributed by atoms with Crippen LogP contribution >= 0.6 is 12.4 Å². The number of hydrogen-bond acceptors (Lipinski definition) is 13. The highest BCUT2D eigenvalue weighted by Crippen LogP contribution is 2.52. The number of nitrogens with zero attached hydrogens (tertiary/aromatic N) is 1. The van der Waals surface area contributed by atoms with Crippen molar-refractivity contribution in [2.45, 2.75) is 75.9 Å². The number of aromatic hydroxyl groups is 2. The van der Waals surface area contributed by atoms with Crippen molar-refractivity contribution < 1.29 is 53.9 Å². The first-order chi connectivity index (χ1) is 22.7. The Kier molecular flexibility index (Phi) is 9.85. The Morgan fingerprint density at radius 1 is 1.10 bits per heavy atom. The number of nitro benzene ring substituents is 1. The molecule has 3 aromatic rings. The summed E-state index contributed by atoms with van der Waals surface area (Å²) in [5.41, 5.74) is -2.81. The molecule has 6 atom stereocenters. The van der Waals surface area contributed by atoms with Crippen LogP contribution in [0.25, 0.3) is 0 Å². The van der Waals surface area contributed by atoms with Gasteiger partial charge < -0.3 is 40.0 Å². The second-order valence-corrected chi connectivity index (χ2v) is 12.4. The van der Waals surface area contributed by atoms with Crippen LogP contribution in [0, 0.1) is 10.1 Å². The van der Waals surface area contributed by atoms with E-state index in [1.807, 2.05) is 0 Å². The highest BCUT2D eigenvalue weighted by molar-refractivity contribution is 6.31. The van der Waals surface area contributed by atoms with Gasteiger partial charge >= 0.3 is 0 Å². The number of ketones is 3. The maximum atomic E-state index is 13.8. The van der Waals surface area contributed by atoms with Crippen LogP contribution in [0.15, 0.2) is 42.5 Å². The molecule has 1 fully saturated rings. The summed E-state index contributed by atoms with van der Waals surface area (Å²) in [5.74, 6) is -3.39. The molecule has 49 heavy (non-hydrogen) atoms. The molecule has 0 spiro atoms. The van der Waals surface area contributed by atoms with Crippen LogP contribution in [-0.4, -0.2) is 79.9 Å². The predicted molar refractivity (Wildman–Crippen MR) is 173 cm³/mol. The zero-order valence-electron chi connectivity index (χ0n) is 26.7. The maximum Gasteiger partial charge on any atom is 0.269 e. The monoisotopic (exact) mass is 698 g/mol. The Bertz CT molecular complexity index is 1860. The van der Waals surface area contributed by atoms with Gasteiger partial charge in [-0.3, -0.25) is 24.5 Å². The topological polar surface area (TPSA) is 215 Å². The summed E-state index contributed by atoms with van der Waals surface area (Å²) in [4.78, 5) is 50.9. The zero-order valence-corrected chi connectivity index (χ0v) is 27.5. The Morgan fingerprint density at radius 2 is 1.80 bits per heavy atom. The number of halogens is 1. The van der Waals surface area contributed by atoms with Gasteiger partial charge in [-0.25, -0.2) is 0 Å². The fraction of sp³-hybridized carbons (Fsp3) is 0.382. The van der Waals surface area contributed by atoms with Gasteiger partial charge in [0.05, 0.1) is 47.0 Å². The van der Waals surface area contributed by atoms with E-state index >= 15 is 0 Å². The second-order valence-electron chi connectivity index (χ2n) is 12.4. The summed E-state index contributed by atoms with van der Waals surface area (Å²) in [6.07, 6.45) is -5.02. The van der Waals surface area contributed by atoms with Crippen LogP contribution in [0.4, 0.5) is 5.69 Å². The molecule has 1 aliphatic heterocycles. The number of benzene rings is 3. The number of carbonyl (C=O) groups excluding carboxylic acids is 3. The fourth-order valence-corrected chi connectivity index (χ4v) is 6.86. The van der Waals surface area contributed by atoms with Crippen molar-refractivity contribution in [3.05, 3.63) is 91.5 Å². The van der Waals surface area contributed by atoms with Crippen molar-refractivity contribution in [3.8, 4) is 17.2 Å². The molecule has 1 heterocycles. The summed E-state index contributed by atoms with van der Waals surface area (Å²) in [5, 5.41) is 59.9. The number of Topliss-reactive ketones (excluding diaryl/α,β-unsaturated/α-hetero) is 1. The third-order valence-corrected chi connectivity index (χ3v) is 9.44. The Labute approximate surface area is 286 Å². The van der Waals surface area contributed by atoms with E-state index in [4.69, 9.17) is 14.2 Å². The number of aliphatic hydroxyl groups excluding tert-OH is 1. The van der Waals surface area contributed by atoms with Gasteiger partial charge in [-0.05, 0) is 25.5 Å². The summed E-state index contributed by atoms with van der Waals surface area (Å²) in [7, 11) is 1.33. The molecule has 0 radical (unpaired) electrons. The van der Waals surface area contributed by atoms with Crippen LogP contribution in [-0.2, 0) is 27.2 Å². The van der Waals surface area contributed by atoms with E-state index < -0.39 is 87.6 Å². The third kappa shape index (κ3) is 6.16. The van der Waals surface area contributed by atoms with Crippen molar-refractivity contribution in [1.29, 1.82) is 0 Å². The summed E-state index contributed by atoms with van der Waals surface area (Å²) < 4.78 is 17.5. The molecule has 1 saturated heterocycles. The minimum absolute atomic E-state index is 0. The van der Waals surface area contributed by atoms with E-state index in [2.05, 4.69) is 5.32 Å². The summed E-state index contributed by atoms with van der Waals surface area (Å²) in [6.45, 7) is 2.94. The van der Waals surface area contributed by atoms with E-state index in [1.54, 1.807) is 19.1 Å². The molecule has 0 saturated carbocycles. The first-order valence-corrected chi connectivity index (χ1v) is 15.3. The molecule has 260 valence electrons. The number of carbonyl (C=O) groups is 3. The van der Waals surface area contributed by atoms with Gasteiger partial charge in [-0.2, -0.15) is 0 Å². The minimum Gasteiger partial charge on any atom is -0.507 e. The smallest absolute Gasteiger partial charge is 0.269 e. The largest absolute Gasteiger partial charge is 0.507 e. The normalized spacial score (nSPS) is 25.8. The number of methoxy groups -OCH3 is 1. The SMILES string of the molecule is COc1cccc2c1C(=O)c1c(O)c3c(c(O)c1C2=O)C[C@@](O)(C(C)=O)C[C@@H]3O[C@H]1C[C@H](NCc2cccc([N+](=O)[O-])c2)[C@H](O)[C@H](C)O1.Cl. The Balaban J connectivity index is 0.00000468. The van der Waals surface area contributed by atoms with Gasteiger partial charge in [0.15, 0.2) is 17.9 Å². The first-order valence-electron chi connectivity index (χ1n) is 15.3. The third-order valence-electron chi connectivity index (χ3n) is 9.44. The van der Waals surface area contributed by atoms with E-state index in [9.17, 15) is 44.9 Å². The minimum atomic E-state index is -2.07. The Morgan fingerprint density at radius 3 is 2.47 bits per heavy atom. The lowest BCUT2D eigenvalue weighted by Gasteiger charge is -2.43. The van der Waals surface area contributed by atoms with E-state index in [0.29, 0.717) is 5.56 Å². The molecule has 0 bridgehead atoms. The molecule has 6 rings (SSSR count). The number of hydrogen-bond donors (Lipinski definition) is 5.